The number of amides is 2. The van der Waals surface area contributed by atoms with E-state index in [4.69, 9.17) is 0 Å². The maximum Gasteiger partial charge on any atom is 0.267 e. The van der Waals surface area contributed by atoms with Crippen molar-refractivity contribution in [2.45, 2.75) is 31.7 Å². The van der Waals surface area contributed by atoms with Gasteiger partial charge in [0.05, 0.1) is 0 Å². The monoisotopic (exact) mass is 257 g/mol. The molecule has 0 radical (unpaired) electrons. The maximum atomic E-state index is 11.8. The second-order valence-corrected chi connectivity index (χ2v) is 5.89. The fraction of sp³-hybridized carbons (Fsp3) is 0.700. The van der Waals surface area contributed by atoms with Gasteiger partial charge in [-0.1, -0.05) is 0 Å². The summed E-state index contributed by atoms with van der Waals surface area (Å²) in [6.07, 6.45) is 2.19. The molecule has 94 valence electrons. The van der Waals surface area contributed by atoms with Gasteiger partial charge in [-0.25, -0.2) is 5.43 Å². The van der Waals surface area contributed by atoms with E-state index >= 15 is 0 Å². The van der Waals surface area contributed by atoms with Crippen LogP contribution < -0.4 is 10.7 Å². The van der Waals surface area contributed by atoms with E-state index in [0.717, 1.165) is 12.8 Å². The molecule has 0 atom stereocenters. The minimum atomic E-state index is -0.724. The SMILES string of the molecule is O=C1CCC(C(=O)NC2CCS(=O)CC2)=NN1. The largest absolute Gasteiger partial charge is 0.348 e. The van der Waals surface area contributed by atoms with E-state index in [2.05, 4.69) is 15.8 Å². The molecule has 7 heteroatoms. The van der Waals surface area contributed by atoms with Gasteiger partial charge in [0.25, 0.3) is 5.91 Å². The lowest BCUT2D eigenvalue weighted by Gasteiger charge is -2.23. The standard InChI is InChI=1S/C10H15N3O3S/c14-9-2-1-8(12-13-9)10(15)11-7-3-5-17(16)6-4-7/h7H,1-6H2,(H,11,15)(H,13,14). The van der Waals surface area contributed by atoms with Crippen molar-refractivity contribution < 1.29 is 13.8 Å². The van der Waals surface area contributed by atoms with Crippen LogP contribution >= 0.6 is 0 Å². The molecule has 2 aliphatic rings. The lowest BCUT2D eigenvalue weighted by Crippen LogP contribution is -2.44. The molecule has 6 nitrogen and oxygen atoms in total. The summed E-state index contributed by atoms with van der Waals surface area (Å²) in [4.78, 5) is 22.7. The third kappa shape index (κ3) is 3.36. The Morgan fingerprint density at radius 2 is 2.06 bits per heavy atom. The molecule has 1 saturated heterocycles. The van der Waals surface area contributed by atoms with Crippen molar-refractivity contribution in [3.05, 3.63) is 0 Å². The lowest BCUT2D eigenvalue weighted by atomic mass is 10.1. The molecule has 2 heterocycles. The van der Waals surface area contributed by atoms with E-state index in [1.165, 1.54) is 0 Å². The molecular formula is C10H15N3O3S. The van der Waals surface area contributed by atoms with Crippen LogP contribution in [0.15, 0.2) is 5.10 Å². The van der Waals surface area contributed by atoms with Gasteiger partial charge in [0, 0.05) is 41.2 Å². The molecule has 0 aromatic carbocycles. The van der Waals surface area contributed by atoms with Crippen molar-refractivity contribution in [2.24, 2.45) is 5.10 Å². The van der Waals surface area contributed by atoms with Gasteiger partial charge >= 0.3 is 0 Å². The average molecular weight is 257 g/mol. The predicted molar refractivity (Wildman–Crippen MR) is 63.9 cm³/mol. The Morgan fingerprint density at radius 1 is 1.35 bits per heavy atom. The van der Waals surface area contributed by atoms with Crippen LogP contribution in [0.25, 0.3) is 0 Å². The number of hydrazone groups is 1. The fourth-order valence-corrected chi connectivity index (χ4v) is 3.14. The lowest BCUT2D eigenvalue weighted by molar-refractivity contribution is -0.121. The summed E-state index contributed by atoms with van der Waals surface area (Å²) in [5.41, 5.74) is 2.67. The summed E-state index contributed by atoms with van der Waals surface area (Å²) in [5.74, 6) is 0.916. The first-order chi connectivity index (χ1) is 8.15. The molecule has 0 unspecified atom stereocenters. The van der Waals surface area contributed by atoms with Crippen molar-refractivity contribution in [2.75, 3.05) is 11.5 Å². The molecule has 1 fully saturated rings. The Labute approximate surface area is 102 Å². The zero-order valence-corrected chi connectivity index (χ0v) is 10.2. The Kier molecular flexibility index (Phi) is 3.88. The van der Waals surface area contributed by atoms with Crippen LogP contribution in [0, 0.1) is 0 Å². The van der Waals surface area contributed by atoms with E-state index in [1.807, 2.05) is 0 Å². The van der Waals surface area contributed by atoms with E-state index in [0.29, 0.717) is 30.1 Å². The van der Waals surface area contributed by atoms with Crippen molar-refractivity contribution in [1.82, 2.24) is 10.7 Å². The maximum absolute atomic E-state index is 11.8. The number of rotatable bonds is 2. The van der Waals surface area contributed by atoms with E-state index < -0.39 is 10.8 Å². The first kappa shape index (κ1) is 12.2. The highest BCUT2D eigenvalue weighted by atomic mass is 32.2. The summed E-state index contributed by atoms with van der Waals surface area (Å²) >= 11 is 0. The normalized spacial score (nSPS) is 29.2. The number of nitrogens with zero attached hydrogens (tertiary/aromatic N) is 1. The molecule has 17 heavy (non-hydrogen) atoms. The Bertz CT molecular complexity index is 384. The highest BCUT2D eigenvalue weighted by molar-refractivity contribution is 7.85. The molecule has 2 rings (SSSR count). The minimum absolute atomic E-state index is 0.0838. The Hall–Kier alpha value is -1.24. The predicted octanol–water partition coefficient (Wildman–Crippen LogP) is -0.720. The van der Waals surface area contributed by atoms with Crippen LogP contribution in [0.4, 0.5) is 0 Å². The number of carbonyl (C=O) groups is 2. The third-order valence-electron chi connectivity index (χ3n) is 2.89. The van der Waals surface area contributed by atoms with Crippen molar-refractivity contribution in [3.8, 4) is 0 Å². The molecule has 0 aliphatic carbocycles. The zero-order valence-electron chi connectivity index (χ0n) is 9.40. The molecule has 0 spiro atoms. The minimum Gasteiger partial charge on any atom is -0.348 e. The van der Waals surface area contributed by atoms with Gasteiger partial charge < -0.3 is 5.32 Å². The number of hydrogen-bond acceptors (Lipinski definition) is 4. The van der Waals surface area contributed by atoms with E-state index in [1.54, 1.807) is 0 Å². The second-order valence-electron chi connectivity index (χ2n) is 4.19. The van der Waals surface area contributed by atoms with Crippen LogP contribution in [-0.4, -0.2) is 39.3 Å². The first-order valence-corrected chi connectivity index (χ1v) is 7.15. The molecular weight excluding hydrogens is 242 g/mol. The van der Waals surface area contributed by atoms with E-state index in [9.17, 15) is 13.8 Å². The number of hydrogen-bond donors (Lipinski definition) is 2. The second kappa shape index (κ2) is 5.39. The molecule has 2 N–H and O–H groups in total. The van der Waals surface area contributed by atoms with Gasteiger partial charge in [0.2, 0.25) is 5.91 Å². The smallest absolute Gasteiger partial charge is 0.267 e. The average Bonchev–Trinajstić information content (AvgIpc) is 2.33. The van der Waals surface area contributed by atoms with Gasteiger partial charge in [-0.05, 0) is 12.8 Å². The van der Waals surface area contributed by atoms with Crippen molar-refractivity contribution in [3.63, 3.8) is 0 Å². The van der Waals surface area contributed by atoms with Crippen LogP contribution in [0.3, 0.4) is 0 Å². The van der Waals surface area contributed by atoms with Crippen LogP contribution in [-0.2, 0) is 20.4 Å². The first-order valence-electron chi connectivity index (χ1n) is 5.66. The summed E-state index contributed by atoms with van der Waals surface area (Å²) in [6.45, 7) is 0. The zero-order chi connectivity index (χ0) is 12.3. The van der Waals surface area contributed by atoms with E-state index in [-0.39, 0.29) is 17.9 Å². The molecule has 0 saturated carbocycles. The topological polar surface area (TPSA) is 87.6 Å². The highest BCUT2D eigenvalue weighted by Gasteiger charge is 2.23. The Morgan fingerprint density at radius 3 is 2.65 bits per heavy atom. The van der Waals surface area contributed by atoms with Gasteiger partial charge in [-0.2, -0.15) is 5.10 Å². The van der Waals surface area contributed by atoms with Crippen LogP contribution in [0.2, 0.25) is 0 Å². The molecule has 0 bridgehead atoms. The van der Waals surface area contributed by atoms with Gasteiger partial charge in [0.1, 0.15) is 5.71 Å². The molecule has 2 aliphatic heterocycles. The van der Waals surface area contributed by atoms with Crippen molar-refractivity contribution >= 4 is 28.3 Å². The van der Waals surface area contributed by atoms with Crippen LogP contribution in [0.1, 0.15) is 25.7 Å². The Balaban J connectivity index is 1.85. The molecule has 2 amide bonds. The molecule has 0 aromatic rings. The summed E-state index contributed by atoms with van der Waals surface area (Å²) < 4.78 is 11.2. The molecule has 0 aromatic heterocycles. The highest BCUT2D eigenvalue weighted by Crippen LogP contribution is 2.09. The number of carbonyl (C=O) groups excluding carboxylic acids is 2. The summed E-state index contributed by atoms with van der Waals surface area (Å²) in [7, 11) is -0.724. The third-order valence-corrected chi connectivity index (χ3v) is 4.27. The number of nitrogens with one attached hydrogen (secondary N) is 2. The van der Waals surface area contributed by atoms with Crippen molar-refractivity contribution in [1.29, 1.82) is 0 Å². The fourth-order valence-electron chi connectivity index (χ4n) is 1.84. The summed E-state index contributed by atoms with van der Waals surface area (Å²) in [5, 5.41) is 6.60. The van der Waals surface area contributed by atoms with Crippen LogP contribution in [0.5, 0.6) is 0 Å². The van der Waals surface area contributed by atoms with Gasteiger partial charge in [0.15, 0.2) is 0 Å². The quantitative estimate of drug-likeness (QED) is 0.684. The van der Waals surface area contributed by atoms with Gasteiger partial charge in [-0.15, -0.1) is 0 Å². The van der Waals surface area contributed by atoms with Gasteiger partial charge in [-0.3, -0.25) is 13.8 Å². The summed E-state index contributed by atoms with van der Waals surface area (Å²) in [6, 6.07) is 0.0838.